The SMILES string of the molecule is COC1C=C(C2=CCC(C(=O)I)C=C2)C(Oc2c(F)c(F)c(-c3c(F)c(F)c(C)c(F)c3F)c(F)c2F)=CC1. The lowest BCUT2D eigenvalue weighted by Crippen LogP contribution is -2.17. The number of hydrogen-bond acceptors (Lipinski definition) is 3. The van der Waals surface area contributed by atoms with Crippen molar-refractivity contribution in [3.05, 3.63) is 99.4 Å². The van der Waals surface area contributed by atoms with Gasteiger partial charge in [-0.05, 0) is 37.5 Å². The monoisotopic (exact) mass is 668 g/mol. The Labute approximate surface area is 230 Å². The van der Waals surface area contributed by atoms with Crippen molar-refractivity contribution in [3.8, 4) is 16.9 Å². The van der Waals surface area contributed by atoms with Gasteiger partial charge in [-0.15, -0.1) is 0 Å². The number of carbonyl (C=O) groups is 1. The van der Waals surface area contributed by atoms with Crippen LogP contribution in [0.25, 0.3) is 11.1 Å². The van der Waals surface area contributed by atoms with Crippen molar-refractivity contribution in [2.24, 2.45) is 5.92 Å². The highest BCUT2D eigenvalue weighted by Gasteiger charge is 2.35. The predicted molar refractivity (Wildman–Crippen MR) is 133 cm³/mol. The zero-order valence-corrected chi connectivity index (χ0v) is 22.2. The van der Waals surface area contributed by atoms with E-state index >= 15 is 17.6 Å². The Morgan fingerprint density at radius 2 is 1.36 bits per heavy atom. The molecule has 0 saturated heterocycles. The van der Waals surface area contributed by atoms with Crippen LogP contribution in [0.5, 0.6) is 5.75 Å². The van der Waals surface area contributed by atoms with Crippen LogP contribution in [-0.2, 0) is 9.53 Å². The second-order valence-electron chi connectivity index (χ2n) is 8.64. The van der Waals surface area contributed by atoms with E-state index in [1.165, 1.54) is 19.3 Å². The number of benzene rings is 2. The molecule has 0 amide bonds. The topological polar surface area (TPSA) is 35.5 Å². The average Bonchev–Trinajstić information content (AvgIpc) is 2.94. The molecule has 0 fully saturated rings. The first-order chi connectivity index (χ1) is 18.4. The summed E-state index contributed by atoms with van der Waals surface area (Å²) < 4.78 is 127. The molecular weight excluding hydrogens is 651 g/mol. The smallest absolute Gasteiger partial charge is 0.205 e. The third-order valence-corrected chi connectivity index (χ3v) is 7.13. The van der Waals surface area contributed by atoms with Crippen molar-refractivity contribution in [3.63, 3.8) is 0 Å². The zero-order valence-electron chi connectivity index (χ0n) is 20.1. The molecule has 206 valence electrons. The zero-order chi connectivity index (χ0) is 28.8. The molecule has 0 bridgehead atoms. The molecule has 0 spiro atoms. The first kappa shape index (κ1) is 29.0. The summed E-state index contributed by atoms with van der Waals surface area (Å²) in [5.41, 5.74) is -4.37. The summed E-state index contributed by atoms with van der Waals surface area (Å²) in [6.45, 7) is 0.666. The third-order valence-electron chi connectivity index (χ3n) is 6.33. The molecule has 2 unspecified atom stereocenters. The maximum Gasteiger partial charge on any atom is 0.205 e. The van der Waals surface area contributed by atoms with Crippen molar-refractivity contribution in [2.45, 2.75) is 25.9 Å². The van der Waals surface area contributed by atoms with E-state index in [9.17, 15) is 22.4 Å². The van der Waals surface area contributed by atoms with Gasteiger partial charge < -0.3 is 9.47 Å². The van der Waals surface area contributed by atoms with Gasteiger partial charge in [-0.1, -0.05) is 18.2 Å². The molecule has 12 heteroatoms. The normalized spacial score (nSPS) is 19.0. The largest absolute Gasteiger partial charge is 0.451 e. The standard InChI is InChI=1S/C27H17F8IO3/c1-10-18(28)20(30)16(21(31)19(10)29)17-22(32)24(34)26(25(35)23(17)33)39-15-8-7-13(38-2)9-14(15)11-3-5-12(6-4-11)27(36)37/h3-5,8-9,12-13H,6-7H2,1-2H3. The molecule has 2 aromatic carbocycles. The lowest BCUT2D eigenvalue weighted by molar-refractivity contribution is -0.111. The molecule has 3 nitrogen and oxygen atoms in total. The van der Waals surface area contributed by atoms with E-state index < -0.39 is 81.0 Å². The third kappa shape index (κ3) is 5.15. The highest BCUT2D eigenvalue weighted by Crippen LogP contribution is 2.42. The van der Waals surface area contributed by atoms with Crippen LogP contribution in [0.1, 0.15) is 18.4 Å². The van der Waals surface area contributed by atoms with Gasteiger partial charge in [0.05, 0.1) is 17.2 Å². The number of hydrogen-bond donors (Lipinski definition) is 0. The van der Waals surface area contributed by atoms with Gasteiger partial charge in [0.1, 0.15) is 5.76 Å². The van der Waals surface area contributed by atoms with Crippen molar-refractivity contribution in [2.75, 3.05) is 7.11 Å². The maximum absolute atomic E-state index is 15.1. The highest BCUT2D eigenvalue weighted by atomic mass is 127. The van der Waals surface area contributed by atoms with Crippen molar-refractivity contribution in [1.82, 2.24) is 0 Å². The minimum absolute atomic E-state index is 0.116. The van der Waals surface area contributed by atoms with Gasteiger partial charge in [0.25, 0.3) is 0 Å². The van der Waals surface area contributed by atoms with Crippen molar-refractivity contribution in [1.29, 1.82) is 0 Å². The molecule has 2 aliphatic rings. The quantitative estimate of drug-likeness (QED) is 0.136. The van der Waals surface area contributed by atoms with E-state index in [4.69, 9.17) is 9.47 Å². The summed E-state index contributed by atoms with van der Waals surface area (Å²) >= 11 is 1.65. The van der Waals surface area contributed by atoms with E-state index in [1.807, 2.05) is 0 Å². The molecule has 0 heterocycles. The molecule has 2 aliphatic carbocycles. The highest BCUT2D eigenvalue weighted by molar-refractivity contribution is 14.1. The van der Waals surface area contributed by atoms with E-state index in [0.717, 1.165) is 0 Å². The van der Waals surface area contributed by atoms with Crippen LogP contribution in [0.3, 0.4) is 0 Å². The Morgan fingerprint density at radius 1 is 0.821 bits per heavy atom. The molecule has 0 aliphatic heterocycles. The Bertz CT molecular complexity index is 1450. The number of ether oxygens (including phenoxy) is 2. The number of carbonyl (C=O) groups excluding carboxylic acids is 1. The molecule has 4 rings (SSSR count). The van der Waals surface area contributed by atoms with Gasteiger partial charge in [-0.25, -0.2) is 26.3 Å². The fourth-order valence-electron chi connectivity index (χ4n) is 4.15. The molecule has 2 atom stereocenters. The molecule has 2 aromatic rings. The van der Waals surface area contributed by atoms with Crippen LogP contribution in [-0.4, -0.2) is 17.0 Å². The number of rotatable bonds is 6. The summed E-state index contributed by atoms with van der Waals surface area (Å²) in [6.07, 6.45) is 7.67. The molecule has 0 radical (unpaired) electrons. The minimum atomic E-state index is -2.33. The van der Waals surface area contributed by atoms with E-state index in [2.05, 4.69) is 0 Å². The van der Waals surface area contributed by atoms with E-state index in [-0.39, 0.29) is 21.5 Å². The van der Waals surface area contributed by atoms with Crippen LogP contribution >= 0.6 is 22.6 Å². The fraction of sp³-hybridized carbons (Fsp3) is 0.222. The van der Waals surface area contributed by atoms with E-state index in [0.29, 0.717) is 18.9 Å². The molecule has 0 N–H and O–H groups in total. The van der Waals surface area contributed by atoms with Gasteiger partial charge in [0, 0.05) is 46.8 Å². The van der Waals surface area contributed by atoms with Crippen LogP contribution in [0, 0.1) is 59.4 Å². The second-order valence-corrected chi connectivity index (χ2v) is 9.70. The maximum atomic E-state index is 15.1. The van der Waals surface area contributed by atoms with Gasteiger partial charge in [0.15, 0.2) is 38.7 Å². The first-order valence-electron chi connectivity index (χ1n) is 11.3. The summed E-state index contributed by atoms with van der Waals surface area (Å²) in [5.74, 6) is -19.7. The van der Waals surface area contributed by atoms with Crippen LogP contribution in [0.2, 0.25) is 0 Å². The van der Waals surface area contributed by atoms with Gasteiger partial charge >= 0.3 is 0 Å². The Hall–Kier alpha value is -3.00. The van der Waals surface area contributed by atoms with Gasteiger partial charge in [-0.2, -0.15) is 8.78 Å². The molecule has 0 aromatic heterocycles. The van der Waals surface area contributed by atoms with Crippen LogP contribution in [0.15, 0.2) is 47.3 Å². The number of allylic oxidation sites excluding steroid dienone is 4. The van der Waals surface area contributed by atoms with Crippen LogP contribution < -0.4 is 4.74 Å². The summed E-state index contributed by atoms with van der Waals surface area (Å²) in [5, 5.41) is 0. The summed E-state index contributed by atoms with van der Waals surface area (Å²) in [4.78, 5) is 11.6. The van der Waals surface area contributed by atoms with Gasteiger partial charge in [-0.3, -0.25) is 4.79 Å². The van der Waals surface area contributed by atoms with Crippen molar-refractivity contribution >= 4 is 26.4 Å². The molecule has 39 heavy (non-hydrogen) atoms. The van der Waals surface area contributed by atoms with E-state index in [1.54, 1.807) is 40.8 Å². The number of halogens is 9. The fourth-order valence-corrected chi connectivity index (χ4v) is 4.61. The molecular formula is C27H17F8IO3. The summed E-state index contributed by atoms with van der Waals surface area (Å²) in [7, 11) is 1.41. The number of methoxy groups -OCH3 is 1. The Kier molecular flexibility index (Phi) is 8.36. The average molecular weight is 668 g/mol. The van der Waals surface area contributed by atoms with Crippen LogP contribution in [0.4, 0.5) is 35.1 Å². The first-order valence-corrected chi connectivity index (χ1v) is 12.4. The van der Waals surface area contributed by atoms with Gasteiger partial charge in [0.2, 0.25) is 17.4 Å². The minimum Gasteiger partial charge on any atom is -0.451 e. The van der Waals surface area contributed by atoms with Crippen molar-refractivity contribution < 1.29 is 49.4 Å². The Morgan fingerprint density at radius 3 is 1.82 bits per heavy atom. The molecule has 0 saturated carbocycles. The Balaban J connectivity index is 1.80. The lowest BCUT2D eigenvalue weighted by Gasteiger charge is -2.24. The summed E-state index contributed by atoms with van der Waals surface area (Å²) in [6, 6.07) is 0. The predicted octanol–water partition coefficient (Wildman–Crippen LogP) is 7.85. The second kappa shape index (κ2) is 11.2. The lowest BCUT2D eigenvalue weighted by atomic mass is 9.89.